The van der Waals surface area contributed by atoms with Crippen molar-refractivity contribution in [1.82, 2.24) is 24.6 Å². The summed E-state index contributed by atoms with van der Waals surface area (Å²) in [4.78, 5) is 23.1. The van der Waals surface area contributed by atoms with E-state index in [1.54, 1.807) is 0 Å². The number of aromatic nitrogens is 3. The number of nitrogens with one attached hydrogen (secondary N) is 1. The highest BCUT2D eigenvalue weighted by molar-refractivity contribution is 7.89. The van der Waals surface area contributed by atoms with E-state index in [1.165, 1.54) is 0 Å². The van der Waals surface area contributed by atoms with Gasteiger partial charge in [0, 0.05) is 18.5 Å². The second-order valence-corrected chi connectivity index (χ2v) is 9.93. The maximum absolute atomic E-state index is 14.3. The van der Waals surface area contributed by atoms with Crippen LogP contribution in [0.2, 0.25) is 0 Å². The minimum atomic E-state index is -4.73. The van der Waals surface area contributed by atoms with Crippen molar-refractivity contribution in [3.8, 4) is 11.3 Å². The summed E-state index contributed by atoms with van der Waals surface area (Å²) in [7, 11) is -4.32. The molecule has 0 radical (unpaired) electrons. The standard InChI is InChI=1S/C22H17F6N5O3S/c23-12-1-3-15(4-2-12)37(35,36)33-11-13(24)5-19(33)21(34)32-7-14-6-16(17(25)8-29-14)18-9-31-20(10-30-18)22(26,27)28/h1-4,6,8-10,13,19H,5,7,11H2,(H,32,34). The van der Waals surface area contributed by atoms with Crippen LogP contribution >= 0.6 is 0 Å². The van der Waals surface area contributed by atoms with Crippen LogP contribution in [0.1, 0.15) is 17.8 Å². The predicted octanol–water partition coefficient (Wildman–Crippen LogP) is 3.25. The van der Waals surface area contributed by atoms with E-state index in [4.69, 9.17) is 0 Å². The lowest BCUT2D eigenvalue weighted by Crippen LogP contribution is -2.45. The van der Waals surface area contributed by atoms with E-state index in [-0.39, 0.29) is 28.4 Å². The molecule has 196 valence electrons. The van der Waals surface area contributed by atoms with E-state index in [0.29, 0.717) is 10.5 Å². The summed E-state index contributed by atoms with van der Waals surface area (Å²) in [6, 6.07) is 3.56. The molecular formula is C22H17F6N5O3S. The Balaban J connectivity index is 1.50. The monoisotopic (exact) mass is 545 g/mol. The highest BCUT2D eigenvalue weighted by atomic mass is 32.2. The van der Waals surface area contributed by atoms with Crippen molar-refractivity contribution in [3.63, 3.8) is 0 Å². The summed E-state index contributed by atoms with van der Waals surface area (Å²) in [6.45, 7) is -0.915. The minimum Gasteiger partial charge on any atom is -0.349 e. The van der Waals surface area contributed by atoms with Gasteiger partial charge in [0.05, 0.1) is 41.4 Å². The van der Waals surface area contributed by atoms with Gasteiger partial charge in [-0.3, -0.25) is 14.8 Å². The first kappa shape index (κ1) is 26.5. The number of amides is 1. The minimum absolute atomic E-state index is 0.0641. The third kappa shape index (κ3) is 5.72. The lowest BCUT2D eigenvalue weighted by molar-refractivity contribution is -0.141. The summed E-state index contributed by atoms with van der Waals surface area (Å²) in [6.07, 6.45) is -4.82. The average Bonchev–Trinajstić information content (AvgIpc) is 3.26. The molecule has 1 saturated heterocycles. The number of halogens is 6. The Morgan fingerprint density at radius 1 is 1.05 bits per heavy atom. The van der Waals surface area contributed by atoms with Crippen molar-refractivity contribution >= 4 is 15.9 Å². The Morgan fingerprint density at radius 2 is 1.76 bits per heavy atom. The van der Waals surface area contributed by atoms with Gasteiger partial charge in [-0.2, -0.15) is 17.5 Å². The molecule has 1 aromatic carbocycles. The Morgan fingerprint density at radius 3 is 2.38 bits per heavy atom. The van der Waals surface area contributed by atoms with E-state index in [1.807, 2.05) is 0 Å². The second-order valence-electron chi connectivity index (χ2n) is 8.04. The predicted molar refractivity (Wildman–Crippen MR) is 116 cm³/mol. The van der Waals surface area contributed by atoms with Crippen LogP contribution in [0.25, 0.3) is 11.3 Å². The number of hydrogen-bond acceptors (Lipinski definition) is 6. The molecule has 8 nitrogen and oxygen atoms in total. The van der Waals surface area contributed by atoms with Crippen molar-refractivity contribution in [1.29, 1.82) is 0 Å². The molecule has 0 bridgehead atoms. The van der Waals surface area contributed by atoms with E-state index in [0.717, 1.165) is 42.7 Å². The van der Waals surface area contributed by atoms with Crippen LogP contribution in [0.5, 0.6) is 0 Å². The molecular weight excluding hydrogens is 528 g/mol. The van der Waals surface area contributed by atoms with Crippen molar-refractivity contribution < 1.29 is 39.6 Å². The lowest BCUT2D eigenvalue weighted by atomic mass is 10.1. The van der Waals surface area contributed by atoms with Crippen molar-refractivity contribution in [2.24, 2.45) is 0 Å². The van der Waals surface area contributed by atoms with Gasteiger partial charge < -0.3 is 5.32 Å². The Hall–Kier alpha value is -3.59. The summed E-state index contributed by atoms with van der Waals surface area (Å²) >= 11 is 0. The fraction of sp³-hybridized carbons (Fsp3) is 0.273. The van der Waals surface area contributed by atoms with Gasteiger partial charge in [-0.25, -0.2) is 26.6 Å². The molecule has 4 rings (SSSR count). The number of carbonyl (C=O) groups is 1. The van der Waals surface area contributed by atoms with Gasteiger partial charge in [-0.05, 0) is 30.3 Å². The first-order valence-corrected chi connectivity index (χ1v) is 12.0. The molecule has 1 fully saturated rings. The molecule has 1 amide bonds. The topological polar surface area (TPSA) is 105 Å². The van der Waals surface area contributed by atoms with Gasteiger partial charge in [0.15, 0.2) is 11.5 Å². The molecule has 3 heterocycles. The van der Waals surface area contributed by atoms with E-state index in [2.05, 4.69) is 20.3 Å². The summed E-state index contributed by atoms with van der Waals surface area (Å²) < 4.78 is 106. The third-order valence-electron chi connectivity index (χ3n) is 5.50. The smallest absolute Gasteiger partial charge is 0.349 e. The van der Waals surface area contributed by atoms with E-state index in [9.17, 15) is 39.6 Å². The van der Waals surface area contributed by atoms with Gasteiger partial charge in [-0.1, -0.05) is 0 Å². The van der Waals surface area contributed by atoms with E-state index < -0.39 is 64.6 Å². The molecule has 15 heteroatoms. The largest absolute Gasteiger partial charge is 0.434 e. The number of sulfonamides is 1. The zero-order valence-electron chi connectivity index (χ0n) is 18.6. The molecule has 0 aliphatic carbocycles. The fourth-order valence-electron chi connectivity index (χ4n) is 3.69. The van der Waals surface area contributed by atoms with Gasteiger partial charge in [-0.15, -0.1) is 0 Å². The summed E-state index contributed by atoms with van der Waals surface area (Å²) in [5.41, 5.74) is -1.64. The number of benzene rings is 1. The molecule has 1 N–H and O–H groups in total. The fourth-order valence-corrected chi connectivity index (χ4v) is 5.31. The van der Waals surface area contributed by atoms with Gasteiger partial charge in [0.25, 0.3) is 0 Å². The van der Waals surface area contributed by atoms with E-state index >= 15 is 0 Å². The molecule has 3 aromatic rings. The normalized spacial score (nSPS) is 18.6. The van der Waals surface area contributed by atoms with Crippen LogP contribution in [0.4, 0.5) is 26.3 Å². The number of carbonyl (C=O) groups excluding carboxylic acids is 1. The maximum Gasteiger partial charge on any atom is 0.434 e. The third-order valence-corrected chi connectivity index (χ3v) is 7.39. The quantitative estimate of drug-likeness (QED) is 0.477. The molecule has 0 spiro atoms. The van der Waals surface area contributed by atoms with Crippen LogP contribution in [0, 0.1) is 11.6 Å². The summed E-state index contributed by atoms with van der Waals surface area (Å²) in [5, 5.41) is 2.41. The maximum atomic E-state index is 14.3. The van der Waals surface area contributed by atoms with Crippen molar-refractivity contribution in [3.05, 3.63) is 71.9 Å². The van der Waals surface area contributed by atoms with Crippen LogP contribution in [-0.2, 0) is 27.5 Å². The number of pyridine rings is 1. The molecule has 2 unspecified atom stereocenters. The van der Waals surface area contributed by atoms with Crippen molar-refractivity contribution in [2.45, 2.75) is 36.3 Å². The Labute approximate surface area is 206 Å². The first-order valence-electron chi connectivity index (χ1n) is 10.6. The highest BCUT2D eigenvalue weighted by Crippen LogP contribution is 2.30. The van der Waals surface area contributed by atoms with Crippen LogP contribution in [0.15, 0.2) is 53.8 Å². The van der Waals surface area contributed by atoms with Crippen molar-refractivity contribution in [2.75, 3.05) is 6.54 Å². The van der Waals surface area contributed by atoms with Gasteiger partial charge in [0.1, 0.15) is 18.0 Å². The first-order chi connectivity index (χ1) is 17.4. The Kier molecular flexibility index (Phi) is 7.19. The highest BCUT2D eigenvalue weighted by Gasteiger charge is 2.44. The summed E-state index contributed by atoms with van der Waals surface area (Å²) in [5.74, 6) is -2.43. The number of alkyl halides is 4. The SMILES string of the molecule is O=C(NCc1cc(-c2cnc(C(F)(F)F)cn2)c(F)cn1)C1CC(F)CN1S(=O)(=O)c1ccc(F)cc1. The Bertz CT molecular complexity index is 1400. The van der Waals surface area contributed by atoms with Gasteiger partial charge in [0.2, 0.25) is 15.9 Å². The van der Waals surface area contributed by atoms with Crippen LogP contribution < -0.4 is 5.32 Å². The lowest BCUT2D eigenvalue weighted by Gasteiger charge is -2.23. The molecule has 1 aliphatic rings. The molecule has 2 aromatic heterocycles. The molecule has 37 heavy (non-hydrogen) atoms. The second kappa shape index (κ2) is 10.0. The number of nitrogens with zero attached hydrogens (tertiary/aromatic N) is 4. The van der Waals surface area contributed by atoms with Gasteiger partial charge >= 0.3 is 6.18 Å². The molecule has 2 atom stereocenters. The zero-order chi connectivity index (χ0) is 27.0. The molecule has 1 aliphatic heterocycles. The van der Waals surface area contributed by atoms with Crippen LogP contribution in [0.3, 0.4) is 0 Å². The molecule has 0 saturated carbocycles. The van der Waals surface area contributed by atoms with Crippen LogP contribution in [-0.4, -0.2) is 52.3 Å². The number of rotatable bonds is 6. The average molecular weight is 545 g/mol. The zero-order valence-corrected chi connectivity index (χ0v) is 19.4. The number of hydrogen-bond donors (Lipinski definition) is 1.